The molecule has 0 aliphatic carbocycles. The van der Waals surface area contributed by atoms with Gasteiger partial charge in [0.15, 0.2) is 23.2 Å². The Labute approximate surface area is 219 Å². The number of methoxy groups -OCH3 is 1. The van der Waals surface area contributed by atoms with Crippen LogP contribution in [0.2, 0.25) is 0 Å². The molecule has 2 N–H and O–H groups in total. The third kappa shape index (κ3) is 6.57. The number of nitrogens with one attached hydrogen (secondary N) is 1. The highest BCUT2D eigenvalue weighted by atomic mass is 19.1. The van der Waals surface area contributed by atoms with Gasteiger partial charge in [0.1, 0.15) is 23.8 Å². The molecule has 0 spiro atoms. The maximum atomic E-state index is 13.5. The van der Waals surface area contributed by atoms with E-state index in [1.165, 1.54) is 31.5 Å². The molecule has 9 nitrogen and oxygen atoms in total. The number of ether oxygens (including phenoxy) is 4. The molecule has 4 atom stereocenters. The Kier molecular flexibility index (Phi) is 8.75. The largest absolute Gasteiger partial charge is 0.503 e. The summed E-state index contributed by atoms with van der Waals surface area (Å²) in [5.74, 6) is -1.93. The summed E-state index contributed by atoms with van der Waals surface area (Å²) in [4.78, 5) is 29.8. The summed E-state index contributed by atoms with van der Waals surface area (Å²) in [6.07, 6.45) is 0.444. The summed E-state index contributed by atoms with van der Waals surface area (Å²) >= 11 is 0. The van der Waals surface area contributed by atoms with Crippen LogP contribution < -0.4 is 14.8 Å². The first-order valence-electron chi connectivity index (χ1n) is 12.1. The first-order valence-corrected chi connectivity index (χ1v) is 12.1. The molecule has 1 fully saturated rings. The van der Waals surface area contributed by atoms with E-state index in [2.05, 4.69) is 10.3 Å². The van der Waals surface area contributed by atoms with Crippen LogP contribution in [-0.4, -0.2) is 60.5 Å². The number of hydrogen-bond acceptors (Lipinski definition) is 8. The van der Waals surface area contributed by atoms with E-state index in [1.54, 1.807) is 31.2 Å². The lowest BCUT2D eigenvalue weighted by molar-refractivity contribution is -0.155. The summed E-state index contributed by atoms with van der Waals surface area (Å²) in [6, 6.07) is 15.5. The standard InChI is InChI=1S/C28H29FN2O7/c1-17-26(38-21-6-4-3-5-7-21)19(14-18-8-10-20(29)11-9-18)15-36-16-22(28(34)37-17)31-27(33)24-25(32)23(35-2)12-13-30-24/h3-13,17,19,22,26,32H,14-16H2,1-2H3,(H,31,33)/t17-,19-,22-,26-/m0/s1. The number of rotatable bonds is 7. The molecule has 1 aliphatic rings. The minimum atomic E-state index is -1.17. The van der Waals surface area contributed by atoms with Gasteiger partial charge >= 0.3 is 5.97 Å². The summed E-state index contributed by atoms with van der Waals surface area (Å²) in [5.41, 5.74) is 0.563. The third-order valence-electron chi connectivity index (χ3n) is 6.18. The molecule has 10 heteroatoms. The van der Waals surface area contributed by atoms with Crippen LogP contribution in [0.25, 0.3) is 0 Å². The van der Waals surface area contributed by atoms with E-state index in [0.29, 0.717) is 12.2 Å². The van der Waals surface area contributed by atoms with E-state index in [-0.39, 0.29) is 36.4 Å². The zero-order chi connectivity index (χ0) is 27.1. The van der Waals surface area contributed by atoms with Gasteiger partial charge in [-0.05, 0) is 43.2 Å². The van der Waals surface area contributed by atoms with Crippen LogP contribution in [-0.2, 0) is 20.7 Å². The molecule has 0 unspecified atom stereocenters. The zero-order valence-electron chi connectivity index (χ0n) is 21.0. The van der Waals surface area contributed by atoms with Crippen molar-refractivity contribution in [2.24, 2.45) is 5.92 Å². The maximum absolute atomic E-state index is 13.5. The third-order valence-corrected chi connectivity index (χ3v) is 6.18. The van der Waals surface area contributed by atoms with E-state index in [1.807, 2.05) is 18.2 Å². The van der Waals surface area contributed by atoms with E-state index in [9.17, 15) is 19.1 Å². The van der Waals surface area contributed by atoms with Crippen LogP contribution in [0.3, 0.4) is 0 Å². The number of amides is 1. The number of para-hydroxylation sites is 1. The van der Waals surface area contributed by atoms with Gasteiger partial charge in [0.25, 0.3) is 5.91 Å². The number of benzene rings is 2. The SMILES string of the molecule is COc1ccnc(C(=O)N[C@H]2COC[C@H](Cc3ccc(F)cc3)[C@@H](Oc3ccccc3)[C@H](C)OC2=O)c1O. The molecule has 1 saturated heterocycles. The molecule has 0 bridgehead atoms. The summed E-state index contributed by atoms with van der Waals surface area (Å²) < 4.78 is 36.4. The van der Waals surface area contributed by atoms with Crippen molar-refractivity contribution in [1.82, 2.24) is 10.3 Å². The summed E-state index contributed by atoms with van der Waals surface area (Å²) in [7, 11) is 1.35. The predicted molar refractivity (Wildman–Crippen MR) is 135 cm³/mol. The zero-order valence-corrected chi connectivity index (χ0v) is 21.0. The molecule has 38 heavy (non-hydrogen) atoms. The molecule has 4 rings (SSSR count). The molecule has 2 heterocycles. The van der Waals surface area contributed by atoms with Crippen LogP contribution in [0, 0.1) is 11.7 Å². The van der Waals surface area contributed by atoms with Gasteiger partial charge in [0, 0.05) is 18.2 Å². The summed E-state index contributed by atoms with van der Waals surface area (Å²) in [5, 5.41) is 12.8. The van der Waals surface area contributed by atoms with Crippen LogP contribution in [0.1, 0.15) is 23.0 Å². The average Bonchev–Trinajstić information content (AvgIpc) is 2.96. The molecular formula is C28H29FN2O7. The minimum Gasteiger partial charge on any atom is -0.503 e. The number of aromatic nitrogens is 1. The molecule has 0 radical (unpaired) electrons. The molecule has 1 amide bonds. The van der Waals surface area contributed by atoms with Gasteiger partial charge in [0.05, 0.1) is 20.3 Å². The van der Waals surface area contributed by atoms with Crippen molar-refractivity contribution in [2.75, 3.05) is 20.3 Å². The molecule has 1 aliphatic heterocycles. The van der Waals surface area contributed by atoms with Crippen molar-refractivity contribution < 1.29 is 38.0 Å². The van der Waals surface area contributed by atoms with Gasteiger partial charge in [-0.3, -0.25) is 4.79 Å². The highest BCUT2D eigenvalue weighted by Gasteiger charge is 2.37. The Bertz CT molecular complexity index is 1240. The highest BCUT2D eigenvalue weighted by molar-refractivity contribution is 5.98. The monoisotopic (exact) mass is 524 g/mol. The first kappa shape index (κ1) is 26.9. The van der Waals surface area contributed by atoms with Crippen molar-refractivity contribution in [3.05, 3.63) is 83.9 Å². The maximum Gasteiger partial charge on any atom is 0.331 e. The van der Waals surface area contributed by atoms with Crippen molar-refractivity contribution in [3.63, 3.8) is 0 Å². The number of nitrogens with zero attached hydrogens (tertiary/aromatic N) is 1. The Morgan fingerprint density at radius 2 is 1.87 bits per heavy atom. The molecular weight excluding hydrogens is 495 g/mol. The van der Waals surface area contributed by atoms with Crippen LogP contribution in [0.5, 0.6) is 17.2 Å². The number of halogens is 1. The highest BCUT2D eigenvalue weighted by Crippen LogP contribution is 2.28. The number of carbonyl (C=O) groups excluding carboxylic acids is 2. The normalized spacial score (nSPS) is 21.8. The lowest BCUT2D eigenvalue weighted by Gasteiger charge is -2.31. The minimum absolute atomic E-state index is 0.0663. The van der Waals surface area contributed by atoms with Gasteiger partial charge in [-0.2, -0.15) is 0 Å². The van der Waals surface area contributed by atoms with Crippen LogP contribution in [0.4, 0.5) is 4.39 Å². The number of carbonyl (C=O) groups is 2. The first-order chi connectivity index (χ1) is 18.4. The van der Waals surface area contributed by atoms with Crippen LogP contribution >= 0.6 is 0 Å². The van der Waals surface area contributed by atoms with Crippen molar-refractivity contribution >= 4 is 11.9 Å². The quantitative estimate of drug-likeness (QED) is 0.453. The fourth-order valence-electron chi connectivity index (χ4n) is 4.26. The Morgan fingerprint density at radius 1 is 1.13 bits per heavy atom. The smallest absolute Gasteiger partial charge is 0.331 e. The van der Waals surface area contributed by atoms with Gasteiger partial charge in [0.2, 0.25) is 0 Å². The number of esters is 1. The molecule has 200 valence electrons. The van der Waals surface area contributed by atoms with Gasteiger partial charge in [-0.25, -0.2) is 14.2 Å². The van der Waals surface area contributed by atoms with Crippen molar-refractivity contribution in [3.8, 4) is 17.2 Å². The second-order valence-corrected chi connectivity index (χ2v) is 8.90. The fourth-order valence-corrected chi connectivity index (χ4v) is 4.26. The van der Waals surface area contributed by atoms with Gasteiger partial charge in [-0.15, -0.1) is 0 Å². The second-order valence-electron chi connectivity index (χ2n) is 8.90. The lowest BCUT2D eigenvalue weighted by Crippen LogP contribution is -2.47. The number of cyclic esters (lactones) is 1. The Morgan fingerprint density at radius 3 is 2.58 bits per heavy atom. The molecule has 1 aromatic heterocycles. The predicted octanol–water partition coefficient (Wildman–Crippen LogP) is 3.30. The number of hydrogen-bond donors (Lipinski definition) is 2. The fraction of sp³-hybridized carbons (Fsp3) is 0.321. The Hall–Kier alpha value is -4.18. The second kappa shape index (κ2) is 12.4. The number of pyridine rings is 1. The molecule has 3 aromatic rings. The van der Waals surface area contributed by atoms with E-state index < -0.39 is 35.9 Å². The van der Waals surface area contributed by atoms with Gasteiger partial charge in [-0.1, -0.05) is 30.3 Å². The number of aromatic hydroxyl groups is 1. The topological polar surface area (TPSA) is 116 Å². The van der Waals surface area contributed by atoms with Crippen LogP contribution in [0.15, 0.2) is 66.9 Å². The summed E-state index contributed by atoms with van der Waals surface area (Å²) in [6.45, 7) is 1.70. The lowest BCUT2D eigenvalue weighted by atomic mass is 9.91. The van der Waals surface area contributed by atoms with E-state index >= 15 is 0 Å². The molecule has 2 aromatic carbocycles. The van der Waals surface area contributed by atoms with E-state index in [0.717, 1.165) is 5.56 Å². The molecule has 0 saturated carbocycles. The van der Waals surface area contributed by atoms with E-state index in [4.69, 9.17) is 18.9 Å². The van der Waals surface area contributed by atoms with Gasteiger partial charge < -0.3 is 29.4 Å². The van der Waals surface area contributed by atoms with Crippen molar-refractivity contribution in [2.45, 2.75) is 31.6 Å². The average molecular weight is 525 g/mol. The van der Waals surface area contributed by atoms with Crippen molar-refractivity contribution in [1.29, 1.82) is 0 Å². The Balaban J connectivity index is 1.55.